The van der Waals surface area contributed by atoms with Crippen molar-refractivity contribution in [2.45, 2.75) is 65.0 Å². The summed E-state index contributed by atoms with van der Waals surface area (Å²) in [6, 6.07) is 1.63. The molecule has 2 nitrogen and oxygen atoms in total. The first-order chi connectivity index (χ1) is 8.20. The minimum Gasteiger partial charge on any atom is -0.301 e. The number of hydrogen-bond acceptors (Lipinski definition) is 2. The van der Waals surface area contributed by atoms with Crippen molar-refractivity contribution in [2.75, 3.05) is 26.2 Å². The molecule has 0 aromatic heterocycles. The van der Waals surface area contributed by atoms with E-state index >= 15 is 0 Å². The number of rotatable bonds is 3. The van der Waals surface area contributed by atoms with Crippen LogP contribution < -0.4 is 0 Å². The average molecular weight is 238 g/mol. The van der Waals surface area contributed by atoms with Crippen molar-refractivity contribution in [3.8, 4) is 0 Å². The Bertz CT molecular complexity index is 219. The van der Waals surface area contributed by atoms with Gasteiger partial charge >= 0.3 is 0 Å². The van der Waals surface area contributed by atoms with Crippen molar-refractivity contribution in [3.05, 3.63) is 0 Å². The zero-order chi connectivity index (χ0) is 12.3. The zero-order valence-electron chi connectivity index (χ0n) is 12.0. The van der Waals surface area contributed by atoms with Gasteiger partial charge in [0, 0.05) is 18.6 Å². The van der Waals surface area contributed by atoms with Crippen LogP contribution >= 0.6 is 0 Å². The highest BCUT2D eigenvalue weighted by Gasteiger charge is 2.28. The molecular formula is C15H30N2. The second-order valence-electron chi connectivity index (χ2n) is 6.27. The lowest BCUT2D eigenvalue weighted by Gasteiger charge is -2.43. The number of hydrogen-bond donors (Lipinski definition) is 0. The maximum absolute atomic E-state index is 2.80. The second-order valence-corrected chi connectivity index (χ2v) is 6.27. The molecular weight excluding hydrogens is 208 g/mol. The summed E-state index contributed by atoms with van der Waals surface area (Å²) in [5.74, 6) is 0.979. The van der Waals surface area contributed by atoms with Crippen LogP contribution in [0.3, 0.4) is 0 Å². The monoisotopic (exact) mass is 238 g/mol. The van der Waals surface area contributed by atoms with Crippen molar-refractivity contribution in [1.82, 2.24) is 9.80 Å². The molecule has 2 saturated heterocycles. The van der Waals surface area contributed by atoms with E-state index in [2.05, 4.69) is 30.6 Å². The lowest BCUT2D eigenvalue weighted by Crippen LogP contribution is -2.49. The van der Waals surface area contributed by atoms with Crippen LogP contribution in [-0.4, -0.2) is 48.1 Å². The molecule has 2 heterocycles. The van der Waals surface area contributed by atoms with E-state index in [9.17, 15) is 0 Å². The van der Waals surface area contributed by atoms with Gasteiger partial charge in [0.05, 0.1) is 0 Å². The van der Waals surface area contributed by atoms with E-state index < -0.39 is 0 Å². The molecule has 0 bridgehead atoms. The van der Waals surface area contributed by atoms with Gasteiger partial charge in [-0.25, -0.2) is 0 Å². The van der Waals surface area contributed by atoms with E-state index in [0.29, 0.717) is 0 Å². The van der Waals surface area contributed by atoms with E-state index in [-0.39, 0.29) is 0 Å². The molecule has 2 aliphatic heterocycles. The molecule has 2 rings (SSSR count). The van der Waals surface area contributed by atoms with Crippen LogP contribution in [-0.2, 0) is 0 Å². The Labute approximate surface area is 107 Å². The average Bonchev–Trinajstić information content (AvgIpc) is 2.39. The third-order valence-electron chi connectivity index (χ3n) is 4.87. The molecule has 100 valence electrons. The second kappa shape index (κ2) is 6.19. The zero-order valence-corrected chi connectivity index (χ0v) is 12.0. The lowest BCUT2D eigenvalue weighted by molar-refractivity contribution is 0.0612. The van der Waals surface area contributed by atoms with Crippen molar-refractivity contribution >= 4 is 0 Å². The molecule has 0 radical (unpaired) electrons. The summed E-state index contributed by atoms with van der Waals surface area (Å²) in [6.07, 6.45) is 7.07. The molecule has 0 amide bonds. The summed E-state index contributed by atoms with van der Waals surface area (Å²) in [4.78, 5) is 5.44. The lowest BCUT2D eigenvalue weighted by atomic mass is 9.92. The van der Waals surface area contributed by atoms with Gasteiger partial charge in [-0.1, -0.05) is 13.3 Å². The molecule has 0 aliphatic carbocycles. The van der Waals surface area contributed by atoms with Gasteiger partial charge in [0.1, 0.15) is 0 Å². The van der Waals surface area contributed by atoms with E-state index in [0.717, 1.165) is 18.0 Å². The van der Waals surface area contributed by atoms with Crippen molar-refractivity contribution in [2.24, 2.45) is 5.92 Å². The molecule has 2 aliphatic rings. The first kappa shape index (κ1) is 13.4. The van der Waals surface area contributed by atoms with Gasteiger partial charge < -0.3 is 9.80 Å². The SMILES string of the molecule is CCC1CCCN(C2CCN(C(C)C)CC2)C1. The maximum atomic E-state index is 2.80. The largest absolute Gasteiger partial charge is 0.301 e. The minimum absolute atomic E-state index is 0.737. The van der Waals surface area contributed by atoms with Crippen LogP contribution in [0.15, 0.2) is 0 Å². The van der Waals surface area contributed by atoms with Gasteiger partial charge in [0.2, 0.25) is 0 Å². The fourth-order valence-corrected chi connectivity index (χ4v) is 3.53. The Balaban J connectivity index is 1.80. The van der Waals surface area contributed by atoms with Gasteiger partial charge in [-0.2, -0.15) is 0 Å². The van der Waals surface area contributed by atoms with E-state index in [4.69, 9.17) is 0 Å². The normalized spacial score (nSPS) is 30.0. The van der Waals surface area contributed by atoms with Crippen LogP contribution in [0.5, 0.6) is 0 Å². The fourth-order valence-electron chi connectivity index (χ4n) is 3.53. The standard InChI is InChI=1S/C15H30N2/c1-4-14-6-5-9-17(12-14)15-7-10-16(11-8-15)13(2)3/h13-15H,4-12H2,1-3H3. The summed E-state index contributed by atoms with van der Waals surface area (Å²) in [7, 11) is 0. The molecule has 17 heavy (non-hydrogen) atoms. The predicted molar refractivity (Wildman–Crippen MR) is 74.3 cm³/mol. The number of piperidine rings is 2. The quantitative estimate of drug-likeness (QED) is 0.746. The molecule has 0 aromatic carbocycles. The van der Waals surface area contributed by atoms with Crippen molar-refractivity contribution < 1.29 is 0 Å². The predicted octanol–water partition coefficient (Wildman–Crippen LogP) is 2.98. The Morgan fingerprint density at radius 3 is 2.35 bits per heavy atom. The van der Waals surface area contributed by atoms with Crippen LogP contribution in [0.1, 0.15) is 52.9 Å². The van der Waals surface area contributed by atoms with Crippen LogP contribution in [0.2, 0.25) is 0 Å². The summed E-state index contributed by atoms with van der Waals surface area (Å²) in [5, 5.41) is 0. The Hall–Kier alpha value is -0.0800. The first-order valence-electron chi connectivity index (χ1n) is 7.68. The smallest absolute Gasteiger partial charge is 0.0120 e. The van der Waals surface area contributed by atoms with Gasteiger partial charge in [0.25, 0.3) is 0 Å². The third kappa shape index (κ3) is 3.45. The topological polar surface area (TPSA) is 6.48 Å². The Kier molecular flexibility index (Phi) is 4.87. The third-order valence-corrected chi connectivity index (χ3v) is 4.87. The summed E-state index contributed by atoms with van der Waals surface area (Å²) < 4.78 is 0. The maximum Gasteiger partial charge on any atom is 0.0120 e. The van der Waals surface area contributed by atoms with E-state index in [1.165, 1.54) is 58.3 Å². The van der Waals surface area contributed by atoms with Crippen molar-refractivity contribution in [1.29, 1.82) is 0 Å². The van der Waals surface area contributed by atoms with Crippen LogP contribution in [0.4, 0.5) is 0 Å². The van der Waals surface area contributed by atoms with E-state index in [1.54, 1.807) is 0 Å². The highest BCUT2D eigenvalue weighted by molar-refractivity contribution is 4.84. The highest BCUT2D eigenvalue weighted by Crippen LogP contribution is 2.25. The Morgan fingerprint density at radius 1 is 1.06 bits per heavy atom. The number of nitrogens with zero attached hydrogens (tertiary/aromatic N) is 2. The van der Waals surface area contributed by atoms with Gasteiger partial charge in [-0.3, -0.25) is 0 Å². The molecule has 0 N–H and O–H groups in total. The fraction of sp³-hybridized carbons (Fsp3) is 1.00. The molecule has 1 unspecified atom stereocenters. The number of likely N-dealkylation sites (tertiary alicyclic amines) is 2. The van der Waals surface area contributed by atoms with Crippen LogP contribution in [0.25, 0.3) is 0 Å². The first-order valence-corrected chi connectivity index (χ1v) is 7.68. The van der Waals surface area contributed by atoms with Gasteiger partial charge in [0.15, 0.2) is 0 Å². The molecule has 2 heteroatoms. The van der Waals surface area contributed by atoms with Crippen LogP contribution in [0, 0.1) is 5.92 Å². The highest BCUT2D eigenvalue weighted by atomic mass is 15.2. The van der Waals surface area contributed by atoms with E-state index in [1.807, 2.05) is 0 Å². The van der Waals surface area contributed by atoms with Gasteiger partial charge in [-0.05, 0) is 65.1 Å². The molecule has 2 fully saturated rings. The molecule has 1 atom stereocenters. The summed E-state index contributed by atoms with van der Waals surface area (Å²) in [5.41, 5.74) is 0. The van der Waals surface area contributed by atoms with Crippen molar-refractivity contribution in [3.63, 3.8) is 0 Å². The summed E-state index contributed by atoms with van der Waals surface area (Å²) >= 11 is 0. The summed E-state index contributed by atoms with van der Waals surface area (Å²) in [6.45, 7) is 12.4. The molecule has 0 aromatic rings. The minimum atomic E-state index is 0.737. The Morgan fingerprint density at radius 2 is 1.76 bits per heavy atom. The molecule has 0 spiro atoms. The van der Waals surface area contributed by atoms with Gasteiger partial charge in [-0.15, -0.1) is 0 Å². The molecule has 0 saturated carbocycles.